The summed E-state index contributed by atoms with van der Waals surface area (Å²) in [5.74, 6) is 0. The van der Waals surface area contributed by atoms with Crippen LogP contribution in [0.15, 0.2) is 52.3 Å². The molecule has 0 radical (unpaired) electrons. The first-order valence-electron chi connectivity index (χ1n) is 6.16. The average molecular weight is 265 g/mol. The van der Waals surface area contributed by atoms with Gasteiger partial charge in [-0.2, -0.15) is 0 Å². The fourth-order valence-corrected chi connectivity index (χ4v) is 3.16. The van der Waals surface area contributed by atoms with Crippen molar-refractivity contribution >= 4 is 29.8 Å². The third kappa shape index (κ3) is 2.53. The molecule has 0 unspecified atom stereocenters. The maximum absolute atomic E-state index is 7.04. The summed E-state index contributed by atoms with van der Waals surface area (Å²) in [4.78, 5) is 5.75. The second-order valence-corrected chi connectivity index (χ2v) is 5.67. The molecule has 0 N–H and O–H groups in total. The maximum Gasteiger partial charge on any atom is 0.324 e. The Hall–Kier alpha value is -1.70. The molecule has 2 nitrogen and oxygen atoms in total. The molecule has 3 rings (SSSR count). The van der Waals surface area contributed by atoms with Gasteiger partial charge >= 0.3 is 6.92 Å². The van der Waals surface area contributed by atoms with Gasteiger partial charge in [-0.05, 0) is 29.2 Å². The largest absolute Gasteiger partial charge is 0.427 e. The smallest absolute Gasteiger partial charge is 0.324 e. The summed E-state index contributed by atoms with van der Waals surface area (Å²) in [5.41, 5.74) is 3.25. The number of nitrogens with zero attached hydrogens (tertiary/aromatic N) is 1. The van der Waals surface area contributed by atoms with Crippen molar-refractivity contribution in [1.29, 1.82) is 0 Å². The molecule has 0 saturated carbocycles. The molecule has 0 amide bonds. The fraction of sp³-hybridized carbons (Fsp3) is 0.133. The molecule has 1 heterocycles. The molecule has 2 aromatic carbocycles. The molecule has 19 heavy (non-hydrogen) atoms. The molecule has 2 aromatic rings. The average Bonchev–Trinajstić information content (AvgIpc) is 2.80. The summed E-state index contributed by atoms with van der Waals surface area (Å²) in [6.45, 7) is 10.0. The maximum atomic E-state index is 7.04. The zero-order chi connectivity index (χ0) is 13.2. The number of rotatable bonds is 2. The van der Waals surface area contributed by atoms with Crippen LogP contribution >= 0.6 is 11.8 Å². The summed E-state index contributed by atoms with van der Waals surface area (Å²) in [6, 6.07) is 14.2. The van der Waals surface area contributed by atoms with E-state index in [2.05, 4.69) is 29.9 Å². The molecule has 92 valence electrons. The molecule has 0 atom stereocenters. The van der Waals surface area contributed by atoms with Gasteiger partial charge in [0, 0.05) is 9.79 Å². The number of benzene rings is 2. The van der Waals surface area contributed by atoms with E-state index < -0.39 is 0 Å². The van der Waals surface area contributed by atoms with E-state index in [-0.39, 0.29) is 6.92 Å². The molecule has 1 aliphatic rings. The van der Waals surface area contributed by atoms with Crippen LogP contribution in [0.4, 0.5) is 5.69 Å². The second kappa shape index (κ2) is 5.12. The molecule has 0 bridgehead atoms. The molecule has 0 aromatic heterocycles. The Morgan fingerprint density at radius 3 is 2.89 bits per heavy atom. The van der Waals surface area contributed by atoms with Crippen LogP contribution in [0.25, 0.3) is 4.85 Å². The predicted octanol–water partition coefficient (Wildman–Crippen LogP) is 3.75. The van der Waals surface area contributed by atoms with Gasteiger partial charge in [0.15, 0.2) is 5.69 Å². The normalized spacial score (nSPS) is 13.2. The van der Waals surface area contributed by atoms with E-state index >= 15 is 0 Å². The van der Waals surface area contributed by atoms with E-state index in [0.29, 0.717) is 12.3 Å². The minimum Gasteiger partial charge on any atom is -0.427 e. The van der Waals surface area contributed by atoms with Crippen LogP contribution in [0.5, 0.6) is 0 Å². The van der Waals surface area contributed by atoms with Crippen LogP contribution in [-0.2, 0) is 11.3 Å². The monoisotopic (exact) mass is 265 g/mol. The van der Waals surface area contributed by atoms with E-state index in [9.17, 15) is 0 Å². The molecule has 0 aliphatic carbocycles. The lowest BCUT2D eigenvalue weighted by atomic mass is 9.64. The summed E-state index contributed by atoms with van der Waals surface area (Å²) in [5, 5.41) is 0. The highest BCUT2D eigenvalue weighted by Crippen LogP contribution is 2.31. The molecule has 1 aliphatic heterocycles. The van der Waals surface area contributed by atoms with Gasteiger partial charge in [0.05, 0.1) is 13.2 Å². The zero-order valence-electron chi connectivity index (χ0n) is 10.6. The van der Waals surface area contributed by atoms with Crippen LogP contribution in [0, 0.1) is 6.57 Å². The lowest BCUT2D eigenvalue weighted by molar-refractivity contribution is 0.333. The number of hydrogen-bond donors (Lipinski definition) is 0. The van der Waals surface area contributed by atoms with Gasteiger partial charge in [0.2, 0.25) is 0 Å². The van der Waals surface area contributed by atoms with Crippen molar-refractivity contribution in [3.8, 4) is 0 Å². The lowest BCUT2D eigenvalue weighted by Gasteiger charge is -2.05. The number of hydrogen-bond acceptors (Lipinski definition) is 2. The highest BCUT2D eigenvalue weighted by molar-refractivity contribution is 7.99. The Balaban J connectivity index is 1.86. The van der Waals surface area contributed by atoms with Crippen molar-refractivity contribution in [3.63, 3.8) is 0 Å². The predicted molar refractivity (Wildman–Crippen MR) is 79.3 cm³/mol. The van der Waals surface area contributed by atoms with Crippen molar-refractivity contribution < 1.29 is 4.65 Å². The van der Waals surface area contributed by atoms with E-state index in [1.807, 2.05) is 24.3 Å². The van der Waals surface area contributed by atoms with Gasteiger partial charge < -0.3 is 4.65 Å². The minimum atomic E-state index is 0.208. The minimum absolute atomic E-state index is 0.208. The Bertz CT molecular complexity index is 665. The molecular weight excluding hydrogens is 253 g/mol. The summed E-state index contributed by atoms with van der Waals surface area (Å²) >= 11 is 1.69. The Morgan fingerprint density at radius 1 is 1.21 bits per heavy atom. The second-order valence-electron chi connectivity index (χ2n) is 4.53. The van der Waals surface area contributed by atoms with Crippen molar-refractivity contribution in [2.45, 2.75) is 23.2 Å². The van der Waals surface area contributed by atoms with Crippen molar-refractivity contribution in [2.75, 3.05) is 0 Å². The Labute approximate surface area is 117 Å². The number of fused-ring (bicyclic) bond motifs is 1. The third-order valence-electron chi connectivity index (χ3n) is 3.22. The summed E-state index contributed by atoms with van der Waals surface area (Å²) < 4.78 is 5.62. The van der Waals surface area contributed by atoms with E-state index in [0.717, 1.165) is 4.90 Å². The van der Waals surface area contributed by atoms with Crippen LogP contribution in [0.3, 0.4) is 0 Å². The molecular formula is C15H12BNOS. The van der Waals surface area contributed by atoms with Crippen molar-refractivity contribution in [1.82, 2.24) is 0 Å². The Morgan fingerprint density at radius 2 is 2.05 bits per heavy atom. The van der Waals surface area contributed by atoms with Gasteiger partial charge in [-0.15, -0.1) is 0 Å². The highest BCUT2D eigenvalue weighted by Gasteiger charge is 2.23. The molecule has 4 heteroatoms. The lowest BCUT2D eigenvalue weighted by Crippen LogP contribution is -2.23. The van der Waals surface area contributed by atoms with E-state index in [1.165, 1.54) is 15.9 Å². The summed E-state index contributed by atoms with van der Waals surface area (Å²) in [7, 11) is 0. The molecule has 0 fully saturated rings. The first-order valence-corrected chi connectivity index (χ1v) is 6.98. The fourth-order valence-electron chi connectivity index (χ4n) is 2.22. The first-order chi connectivity index (χ1) is 9.26. The first kappa shape index (κ1) is 12.3. The zero-order valence-corrected chi connectivity index (χ0v) is 11.4. The highest BCUT2D eigenvalue weighted by atomic mass is 32.2. The SMILES string of the molecule is [C-]#[N+]c1cccc(Sc2ccc3c(c2)COB3C)c1. The van der Waals surface area contributed by atoms with E-state index in [4.69, 9.17) is 11.2 Å². The van der Waals surface area contributed by atoms with Gasteiger partial charge in [-0.1, -0.05) is 42.9 Å². The van der Waals surface area contributed by atoms with Crippen LogP contribution in [-0.4, -0.2) is 6.92 Å². The summed E-state index contributed by atoms with van der Waals surface area (Å²) in [6.07, 6.45) is 0. The van der Waals surface area contributed by atoms with Gasteiger partial charge in [0.1, 0.15) is 0 Å². The molecule has 0 saturated heterocycles. The standard InChI is InChI=1S/C15H12BNOS/c1-16-15-7-6-14(8-11(15)10-18-16)19-13-5-3-4-12(9-13)17-2/h3-9H,10H2,1H3. The molecule has 0 spiro atoms. The van der Waals surface area contributed by atoms with Gasteiger partial charge in [-0.3, -0.25) is 0 Å². The van der Waals surface area contributed by atoms with Crippen molar-refractivity contribution in [3.05, 3.63) is 59.4 Å². The van der Waals surface area contributed by atoms with Gasteiger partial charge in [-0.25, -0.2) is 4.85 Å². The van der Waals surface area contributed by atoms with Crippen LogP contribution in [0.2, 0.25) is 6.82 Å². The van der Waals surface area contributed by atoms with E-state index in [1.54, 1.807) is 11.8 Å². The third-order valence-corrected chi connectivity index (χ3v) is 4.20. The Kier molecular flexibility index (Phi) is 3.33. The van der Waals surface area contributed by atoms with Crippen LogP contribution in [0.1, 0.15) is 5.56 Å². The van der Waals surface area contributed by atoms with Crippen molar-refractivity contribution in [2.24, 2.45) is 0 Å². The van der Waals surface area contributed by atoms with Gasteiger partial charge in [0.25, 0.3) is 0 Å². The topological polar surface area (TPSA) is 13.6 Å². The van der Waals surface area contributed by atoms with Crippen LogP contribution < -0.4 is 5.46 Å². The quantitative estimate of drug-likeness (QED) is 0.606.